The molecule has 2 aliphatic heterocycles. The van der Waals surface area contributed by atoms with Crippen molar-refractivity contribution in [2.45, 2.75) is 45.8 Å². The molecule has 8 nitrogen and oxygen atoms in total. The fraction of sp³-hybridized carbons (Fsp3) is 0.650. The number of nitrogens with zero attached hydrogens (tertiary/aromatic N) is 4. The van der Waals surface area contributed by atoms with Crippen molar-refractivity contribution < 1.29 is 13.9 Å². The molecule has 1 N–H and O–H groups in total. The van der Waals surface area contributed by atoms with E-state index >= 15 is 0 Å². The number of amides is 1. The number of nitrogens with one attached hydrogen (secondary N) is 1. The molecule has 2 atom stereocenters. The van der Waals surface area contributed by atoms with Crippen molar-refractivity contribution in [2.75, 3.05) is 26.3 Å². The van der Waals surface area contributed by atoms with Crippen molar-refractivity contribution in [3.8, 4) is 0 Å². The van der Waals surface area contributed by atoms with E-state index in [9.17, 15) is 4.79 Å². The van der Waals surface area contributed by atoms with Crippen LogP contribution < -0.4 is 5.32 Å². The number of rotatable bonds is 6. The lowest BCUT2D eigenvalue weighted by atomic mass is 10.0. The van der Waals surface area contributed by atoms with Gasteiger partial charge in [0.15, 0.2) is 5.82 Å². The van der Waals surface area contributed by atoms with Crippen LogP contribution in [-0.2, 0) is 29.0 Å². The molecule has 4 rings (SSSR count). The second-order valence-electron chi connectivity index (χ2n) is 8.07. The normalized spacial score (nSPS) is 21.5. The molecule has 28 heavy (non-hydrogen) atoms. The molecule has 1 fully saturated rings. The standard InChI is InChI=1S/C20H29N5O3/c1-14(2)18(21-20(26)16-5-10-28-13-16)19-23-22-17-3-6-24(7-8-25(17)19)11-15-4-9-27-12-15/h4,9,12,14,16,18H,3,5-8,10-11,13H2,1-2H3,(H,21,26)/t16-,18+/m0/s1. The van der Waals surface area contributed by atoms with Gasteiger partial charge in [0.2, 0.25) is 5.91 Å². The number of hydrogen-bond acceptors (Lipinski definition) is 6. The smallest absolute Gasteiger partial charge is 0.226 e. The minimum absolute atomic E-state index is 0.0572. The van der Waals surface area contributed by atoms with Crippen molar-refractivity contribution >= 4 is 5.91 Å². The molecule has 2 aromatic heterocycles. The van der Waals surface area contributed by atoms with Gasteiger partial charge in [0.05, 0.1) is 31.1 Å². The SMILES string of the molecule is CC(C)[C@@H](NC(=O)[C@H]1CCOC1)c1nnc2n1CCN(Cc1ccoc1)CC2. The highest BCUT2D eigenvalue weighted by molar-refractivity contribution is 5.79. The van der Waals surface area contributed by atoms with E-state index in [-0.39, 0.29) is 23.8 Å². The number of carbonyl (C=O) groups is 1. The molecule has 0 radical (unpaired) electrons. The van der Waals surface area contributed by atoms with Gasteiger partial charge in [-0.2, -0.15) is 0 Å². The van der Waals surface area contributed by atoms with Crippen LogP contribution in [0.1, 0.15) is 43.5 Å². The highest BCUT2D eigenvalue weighted by Crippen LogP contribution is 2.24. The maximum Gasteiger partial charge on any atom is 0.226 e. The van der Waals surface area contributed by atoms with Gasteiger partial charge in [0, 0.05) is 44.8 Å². The summed E-state index contributed by atoms with van der Waals surface area (Å²) in [6.45, 7) is 8.94. The first kappa shape index (κ1) is 19.1. The number of furan rings is 1. The van der Waals surface area contributed by atoms with Gasteiger partial charge in [-0.25, -0.2) is 0 Å². The summed E-state index contributed by atoms with van der Waals surface area (Å²) in [4.78, 5) is 15.1. The van der Waals surface area contributed by atoms with E-state index in [2.05, 4.69) is 38.8 Å². The van der Waals surface area contributed by atoms with E-state index in [0.717, 1.165) is 50.7 Å². The van der Waals surface area contributed by atoms with Gasteiger partial charge in [-0.3, -0.25) is 9.69 Å². The van der Waals surface area contributed by atoms with E-state index in [1.54, 1.807) is 12.5 Å². The van der Waals surface area contributed by atoms with Gasteiger partial charge in [0.25, 0.3) is 0 Å². The molecule has 0 aromatic carbocycles. The Kier molecular flexibility index (Phi) is 5.77. The first-order valence-corrected chi connectivity index (χ1v) is 10.2. The molecule has 0 unspecified atom stereocenters. The largest absolute Gasteiger partial charge is 0.472 e. The lowest BCUT2D eigenvalue weighted by molar-refractivity contribution is -0.126. The van der Waals surface area contributed by atoms with Crippen LogP contribution in [0.25, 0.3) is 0 Å². The molecule has 0 bridgehead atoms. The van der Waals surface area contributed by atoms with Crippen molar-refractivity contribution in [3.63, 3.8) is 0 Å². The Hall–Kier alpha value is -2.19. The molecule has 0 saturated carbocycles. The molecule has 2 aromatic rings. The van der Waals surface area contributed by atoms with E-state index in [1.807, 2.05) is 6.07 Å². The Morgan fingerprint density at radius 3 is 2.93 bits per heavy atom. The molecule has 2 aliphatic rings. The van der Waals surface area contributed by atoms with Crippen LogP contribution in [0.2, 0.25) is 0 Å². The topological polar surface area (TPSA) is 85.4 Å². The number of aromatic nitrogens is 3. The molecular weight excluding hydrogens is 358 g/mol. The summed E-state index contributed by atoms with van der Waals surface area (Å²) in [6, 6.07) is 1.86. The fourth-order valence-electron chi connectivity index (χ4n) is 3.96. The van der Waals surface area contributed by atoms with Crippen LogP contribution in [0, 0.1) is 11.8 Å². The third-order valence-electron chi connectivity index (χ3n) is 5.68. The zero-order valence-electron chi connectivity index (χ0n) is 16.6. The van der Waals surface area contributed by atoms with E-state index in [1.165, 1.54) is 5.56 Å². The summed E-state index contributed by atoms with van der Waals surface area (Å²) in [5.41, 5.74) is 1.18. The number of fused-ring (bicyclic) bond motifs is 1. The Bertz CT molecular complexity index is 780. The number of hydrogen-bond donors (Lipinski definition) is 1. The van der Waals surface area contributed by atoms with Crippen molar-refractivity contribution in [1.29, 1.82) is 0 Å². The molecule has 0 aliphatic carbocycles. The highest BCUT2D eigenvalue weighted by Gasteiger charge is 2.31. The van der Waals surface area contributed by atoms with Gasteiger partial charge in [-0.15, -0.1) is 10.2 Å². The summed E-state index contributed by atoms with van der Waals surface area (Å²) in [7, 11) is 0. The predicted molar refractivity (Wildman–Crippen MR) is 102 cm³/mol. The predicted octanol–water partition coefficient (Wildman–Crippen LogP) is 1.78. The quantitative estimate of drug-likeness (QED) is 0.813. The van der Waals surface area contributed by atoms with Gasteiger partial charge in [-0.05, 0) is 18.4 Å². The van der Waals surface area contributed by atoms with Crippen molar-refractivity contribution in [1.82, 2.24) is 25.0 Å². The molecule has 8 heteroatoms. The third-order valence-corrected chi connectivity index (χ3v) is 5.68. The maximum absolute atomic E-state index is 12.7. The highest BCUT2D eigenvalue weighted by atomic mass is 16.5. The monoisotopic (exact) mass is 387 g/mol. The van der Waals surface area contributed by atoms with Crippen LogP contribution in [0.3, 0.4) is 0 Å². The van der Waals surface area contributed by atoms with Crippen molar-refractivity contribution in [3.05, 3.63) is 35.8 Å². The van der Waals surface area contributed by atoms with E-state index in [4.69, 9.17) is 9.15 Å². The van der Waals surface area contributed by atoms with Crippen molar-refractivity contribution in [2.24, 2.45) is 11.8 Å². The van der Waals surface area contributed by atoms with E-state index < -0.39 is 0 Å². The summed E-state index contributed by atoms with van der Waals surface area (Å²) in [6.07, 6.45) is 5.15. The Morgan fingerprint density at radius 1 is 1.32 bits per heavy atom. The van der Waals surface area contributed by atoms with Crippen LogP contribution in [0.15, 0.2) is 23.0 Å². The summed E-state index contributed by atoms with van der Waals surface area (Å²) >= 11 is 0. The van der Waals surface area contributed by atoms with Gasteiger partial charge in [0.1, 0.15) is 5.82 Å². The molecule has 4 heterocycles. The molecular formula is C20H29N5O3. The van der Waals surface area contributed by atoms with Gasteiger partial charge in [-0.1, -0.05) is 13.8 Å². The first-order chi connectivity index (χ1) is 13.6. The second kappa shape index (κ2) is 8.45. The first-order valence-electron chi connectivity index (χ1n) is 10.2. The average Bonchev–Trinajstić information content (AvgIpc) is 3.42. The third kappa shape index (κ3) is 4.12. The second-order valence-corrected chi connectivity index (χ2v) is 8.07. The minimum Gasteiger partial charge on any atom is -0.472 e. The lowest BCUT2D eigenvalue weighted by Crippen LogP contribution is -2.38. The van der Waals surface area contributed by atoms with Crippen LogP contribution in [0.4, 0.5) is 0 Å². The summed E-state index contributed by atoms with van der Waals surface area (Å²) < 4.78 is 12.8. The van der Waals surface area contributed by atoms with Gasteiger partial charge < -0.3 is 19.0 Å². The zero-order chi connectivity index (χ0) is 19.5. The number of ether oxygens (including phenoxy) is 1. The lowest BCUT2D eigenvalue weighted by Gasteiger charge is -2.24. The molecule has 1 amide bonds. The van der Waals surface area contributed by atoms with Crippen LogP contribution in [0.5, 0.6) is 0 Å². The van der Waals surface area contributed by atoms with Crippen LogP contribution >= 0.6 is 0 Å². The molecule has 152 valence electrons. The Labute approximate surface area is 165 Å². The summed E-state index contributed by atoms with van der Waals surface area (Å²) in [5, 5.41) is 12.1. The Balaban J connectivity index is 1.46. The van der Waals surface area contributed by atoms with Crippen LogP contribution in [-0.4, -0.2) is 51.9 Å². The van der Waals surface area contributed by atoms with E-state index in [0.29, 0.717) is 13.2 Å². The molecule has 1 saturated heterocycles. The maximum atomic E-state index is 12.7. The zero-order valence-corrected chi connectivity index (χ0v) is 16.6. The number of carbonyl (C=O) groups excluding carboxylic acids is 1. The van der Waals surface area contributed by atoms with Gasteiger partial charge >= 0.3 is 0 Å². The fourth-order valence-corrected chi connectivity index (χ4v) is 3.96. The minimum atomic E-state index is -0.144. The molecule has 0 spiro atoms. The average molecular weight is 387 g/mol. The summed E-state index contributed by atoms with van der Waals surface area (Å²) in [5.74, 6) is 2.09. The Morgan fingerprint density at radius 2 is 2.21 bits per heavy atom.